The first kappa shape index (κ1) is 12.9. The number of aromatic amines is 1. The Balaban J connectivity index is 1.99. The van der Waals surface area contributed by atoms with Gasteiger partial charge in [-0.25, -0.2) is 4.98 Å². The van der Waals surface area contributed by atoms with Crippen LogP contribution in [0.15, 0.2) is 41.3 Å². The Morgan fingerprint density at radius 3 is 2.81 bits per heavy atom. The largest absolute Gasteiger partial charge is 0.304 e. The number of hydrogen-bond donors (Lipinski definition) is 1. The molecule has 4 rings (SSSR count). The van der Waals surface area contributed by atoms with E-state index in [1.54, 1.807) is 6.20 Å². The van der Waals surface area contributed by atoms with E-state index in [-0.39, 0.29) is 5.56 Å². The molecular weight excluding hydrogens is 377 g/mol. The summed E-state index contributed by atoms with van der Waals surface area (Å²) in [5, 5.41) is 2.10. The molecule has 1 N–H and O–H groups in total. The van der Waals surface area contributed by atoms with Crippen molar-refractivity contribution in [3.63, 3.8) is 0 Å². The van der Waals surface area contributed by atoms with Gasteiger partial charge in [0.05, 0.1) is 5.69 Å². The van der Waals surface area contributed by atoms with Crippen LogP contribution in [0.25, 0.3) is 22.3 Å². The minimum absolute atomic E-state index is 0.0720. The summed E-state index contributed by atoms with van der Waals surface area (Å²) < 4.78 is 0.707. The zero-order valence-electron chi connectivity index (χ0n) is 11.1. The molecule has 0 saturated heterocycles. The molecule has 1 saturated carbocycles. The number of halogens is 1. The normalized spacial score (nSPS) is 14.5. The van der Waals surface area contributed by atoms with E-state index in [2.05, 4.69) is 37.5 Å². The van der Waals surface area contributed by atoms with Crippen molar-refractivity contribution in [2.45, 2.75) is 18.8 Å². The lowest BCUT2D eigenvalue weighted by atomic mass is 10.1. The van der Waals surface area contributed by atoms with Gasteiger partial charge in [-0.1, -0.05) is 24.3 Å². The zero-order valence-corrected chi connectivity index (χ0v) is 13.3. The predicted octanol–water partition coefficient (Wildman–Crippen LogP) is 3.47. The zero-order chi connectivity index (χ0) is 14.4. The third-order valence-electron chi connectivity index (χ3n) is 3.75. The van der Waals surface area contributed by atoms with Crippen molar-refractivity contribution in [3.05, 3.63) is 56.1 Å². The van der Waals surface area contributed by atoms with Crippen molar-refractivity contribution in [1.29, 1.82) is 0 Å². The van der Waals surface area contributed by atoms with E-state index < -0.39 is 0 Å². The smallest absolute Gasteiger partial charge is 0.264 e. The van der Waals surface area contributed by atoms with Gasteiger partial charge in [-0.05, 0) is 46.9 Å². The summed E-state index contributed by atoms with van der Waals surface area (Å²) >= 11 is 2.09. The lowest BCUT2D eigenvalue weighted by Crippen LogP contribution is -2.16. The van der Waals surface area contributed by atoms with Crippen LogP contribution in [0.5, 0.6) is 0 Å². The number of nitrogens with zero attached hydrogens (tertiary/aromatic N) is 2. The second-order valence-electron chi connectivity index (χ2n) is 5.27. The van der Waals surface area contributed by atoms with Crippen LogP contribution in [0, 0.1) is 3.57 Å². The molecule has 0 radical (unpaired) electrons. The van der Waals surface area contributed by atoms with E-state index in [9.17, 15) is 4.79 Å². The number of nitrogens with one attached hydrogen (secondary N) is 1. The second-order valence-corrected chi connectivity index (χ2v) is 6.35. The highest BCUT2D eigenvalue weighted by atomic mass is 127. The summed E-state index contributed by atoms with van der Waals surface area (Å²) in [6, 6.07) is 9.97. The van der Waals surface area contributed by atoms with Crippen LogP contribution in [-0.4, -0.2) is 15.0 Å². The molecule has 0 bridgehead atoms. The van der Waals surface area contributed by atoms with E-state index in [0.717, 1.165) is 35.0 Å². The van der Waals surface area contributed by atoms with Gasteiger partial charge in [0.2, 0.25) is 0 Å². The Hall–Kier alpha value is -1.76. The first-order valence-corrected chi connectivity index (χ1v) is 7.96. The van der Waals surface area contributed by atoms with Crippen LogP contribution in [-0.2, 0) is 0 Å². The molecule has 1 aromatic carbocycles. The predicted molar refractivity (Wildman–Crippen MR) is 90.3 cm³/mol. The Morgan fingerprint density at radius 2 is 2.00 bits per heavy atom. The molecule has 5 heteroatoms. The molecule has 0 atom stereocenters. The average Bonchev–Trinajstić information content (AvgIpc) is 3.34. The molecule has 4 nitrogen and oxygen atoms in total. The SMILES string of the molecule is O=c1[nH]c(-c2nccc3ccccc23)nc(C2CC2)c1I. The van der Waals surface area contributed by atoms with Crippen molar-refractivity contribution >= 4 is 33.4 Å². The highest BCUT2D eigenvalue weighted by Gasteiger charge is 2.29. The van der Waals surface area contributed by atoms with E-state index in [1.165, 1.54) is 0 Å². The molecule has 0 spiro atoms. The van der Waals surface area contributed by atoms with Crippen molar-refractivity contribution in [2.75, 3.05) is 0 Å². The van der Waals surface area contributed by atoms with Gasteiger partial charge in [-0.3, -0.25) is 9.78 Å². The average molecular weight is 389 g/mol. The van der Waals surface area contributed by atoms with E-state index in [1.807, 2.05) is 30.3 Å². The molecule has 0 unspecified atom stereocenters. The highest BCUT2D eigenvalue weighted by Crippen LogP contribution is 2.40. The Morgan fingerprint density at radius 1 is 1.19 bits per heavy atom. The first-order chi connectivity index (χ1) is 10.2. The van der Waals surface area contributed by atoms with Crippen molar-refractivity contribution < 1.29 is 0 Å². The van der Waals surface area contributed by atoms with Gasteiger partial charge in [0, 0.05) is 17.5 Å². The molecular formula is C16H12IN3O. The lowest BCUT2D eigenvalue weighted by molar-refractivity contribution is 0.954. The number of fused-ring (bicyclic) bond motifs is 1. The molecule has 0 amide bonds. The van der Waals surface area contributed by atoms with Gasteiger partial charge < -0.3 is 4.98 Å². The highest BCUT2D eigenvalue weighted by molar-refractivity contribution is 14.1. The van der Waals surface area contributed by atoms with Crippen LogP contribution in [0.2, 0.25) is 0 Å². The van der Waals surface area contributed by atoms with Gasteiger partial charge in [0.15, 0.2) is 5.82 Å². The Kier molecular flexibility index (Phi) is 3.02. The van der Waals surface area contributed by atoms with Gasteiger partial charge in [-0.15, -0.1) is 0 Å². The first-order valence-electron chi connectivity index (χ1n) is 6.88. The molecule has 2 heterocycles. The summed E-state index contributed by atoms with van der Waals surface area (Å²) in [5.74, 6) is 1.01. The lowest BCUT2D eigenvalue weighted by Gasteiger charge is -2.07. The molecule has 3 aromatic rings. The van der Waals surface area contributed by atoms with Crippen molar-refractivity contribution in [3.8, 4) is 11.5 Å². The number of hydrogen-bond acceptors (Lipinski definition) is 3. The third-order valence-corrected chi connectivity index (χ3v) is 4.79. The number of aromatic nitrogens is 3. The fourth-order valence-electron chi connectivity index (χ4n) is 2.52. The van der Waals surface area contributed by atoms with Gasteiger partial charge in [0.25, 0.3) is 5.56 Å². The molecule has 104 valence electrons. The number of benzene rings is 1. The molecule has 2 aromatic heterocycles. The molecule has 1 aliphatic rings. The number of pyridine rings is 1. The Bertz CT molecular complexity index is 894. The maximum Gasteiger partial charge on any atom is 0.264 e. The third kappa shape index (κ3) is 2.25. The van der Waals surface area contributed by atoms with E-state index in [0.29, 0.717) is 15.3 Å². The van der Waals surface area contributed by atoms with Crippen LogP contribution in [0.4, 0.5) is 0 Å². The maximum absolute atomic E-state index is 12.2. The fraction of sp³-hybridized carbons (Fsp3) is 0.188. The molecule has 1 aliphatic carbocycles. The molecule has 21 heavy (non-hydrogen) atoms. The summed E-state index contributed by atoms with van der Waals surface area (Å²) in [5.41, 5.74) is 1.59. The monoisotopic (exact) mass is 389 g/mol. The van der Waals surface area contributed by atoms with E-state index >= 15 is 0 Å². The van der Waals surface area contributed by atoms with Crippen LogP contribution in [0.3, 0.4) is 0 Å². The summed E-state index contributed by atoms with van der Waals surface area (Å²) in [7, 11) is 0. The molecule has 1 fully saturated rings. The summed E-state index contributed by atoms with van der Waals surface area (Å²) in [6.45, 7) is 0. The summed E-state index contributed by atoms with van der Waals surface area (Å²) in [6.07, 6.45) is 4.00. The van der Waals surface area contributed by atoms with Gasteiger partial charge >= 0.3 is 0 Å². The minimum Gasteiger partial charge on any atom is -0.304 e. The topological polar surface area (TPSA) is 58.6 Å². The standard InChI is InChI=1S/C16H12IN3O/c17-12-13(10-5-6-10)19-15(20-16(12)21)14-11-4-2-1-3-9(11)7-8-18-14/h1-4,7-8,10H,5-6H2,(H,19,20,21). The Labute approximate surface area is 134 Å². The van der Waals surface area contributed by atoms with Crippen LogP contribution < -0.4 is 5.56 Å². The number of H-pyrrole nitrogens is 1. The number of rotatable bonds is 2. The van der Waals surface area contributed by atoms with Gasteiger partial charge in [0.1, 0.15) is 9.26 Å². The van der Waals surface area contributed by atoms with Crippen LogP contribution in [0.1, 0.15) is 24.5 Å². The summed E-state index contributed by atoms with van der Waals surface area (Å²) in [4.78, 5) is 24.2. The van der Waals surface area contributed by atoms with Gasteiger partial charge in [-0.2, -0.15) is 0 Å². The van der Waals surface area contributed by atoms with Crippen LogP contribution >= 0.6 is 22.6 Å². The minimum atomic E-state index is -0.0720. The van der Waals surface area contributed by atoms with Crippen molar-refractivity contribution in [1.82, 2.24) is 15.0 Å². The quantitative estimate of drug-likeness (QED) is 0.683. The second kappa shape index (κ2) is 4.91. The van der Waals surface area contributed by atoms with E-state index in [4.69, 9.17) is 0 Å². The molecule has 0 aliphatic heterocycles. The van der Waals surface area contributed by atoms with Crippen molar-refractivity contribution in [2.24, 2.45) is 0 Å². The fourth-order valence-corrected chi connectivity index (χ4v) is 3.22. The maximum atomic E-state index is 12.2.